The number of aromatic nitrogens is 6. The Morgan fingerprint density at radius 1 is 0.860 bits per heavy atom. The summed E-state index contributed by atoms with van der Waals surface area (Å²) in [5.41, 5.74) is -2.92. The Bertz CT molecular complexity index is 2070. The number of nitrogens with zero attached hydrogens (tertiary/aromatic N) is 7. The van der Waals surface area contributed by atoms with Crippen LogP contribution in [0.15, 0.2) is 47.7 Å². The van der Waals surface area contributed by atoms with Crippen LogP contribution in [0.1, 0.15) is 73.6 Å². The van der Waals surface area contributed by atoms with Crippen molar-refractivity contribution in [2.75, 3.05) is 30.5 Å². The van der Waals surface area contributed by atoms with Crippen LogP contribution in [0.3, 0.4) is 0 Å². The number of rotatable bonds is 12. The highest BCUT2D eigenvalue weighted by Gasteiger charge is 2.38. The first-order valence-electron chi connectivity index (χ1n) is 18.1. The van der Waals surface area contributed by atoms with E-state index in [1.807, 2.05) is 6.07 Å². The molecule has 3 amide bonds. The monoisotopic (exact) mass is 793 g/mol. The van der Waals surface area contributed by atoms with Gasteiger partial charge in [-0.25, -0.2) is 29.1 Å². The van der Waals surface area contributed by atoms with Crippen molar-refractivity contribution in [2.24, 2.45) is 0 Å². The van der Waals surface area contributed by atoms with E-state index in [4.69, 9.17) is 23.7 Å². The van der Waals surface area contributed by atoms with Crippen molar-refractivity contribution in [3.63, 3.8) is 0 Å². The number of hydrogen-bond acceptors (Lipinski definition) is 15. The van der Waals surface area contributed by atoms with E-state index in [9.17, 15) is 24.0 Å². The van der Waals surface area contributed by atoms with Gasteiger partial charge in [-0.1, -0.05) is 30.3 Å². The molecule has 4 aromatic rings. The number of benzene rings is 1. The maximum Gasteiger partial charge on any atom is 0.425 e. The highest BCUT2D eigenvalue weighted by molar-refractivity contribution is 6.14. The molecule has 0 saturated carbocycles. The Kier molecular flexibility index (Phi) is 13.6. The van der Waals surface area contributed by atoms with Gasteiger partial charge in [0.25, 0.3) is 0 Å². The van der Waals surface area contributed by atoms with Crippen LogP contribution in [0.2, 0.25) is 0 Å². The number of H-pyrrole nitrogens is 1. The Labute approximate surface area is 330 Å². The van der Waals surface area contributed by atoms with Gasteiger partial charge in [-0.05, 0) is 67.9 Å². The molecule has 1 atom stereocenters. The number of imide groups is 1. The summed E-state index contributed by atoms with van der Waals surface area (Å²) in [6, 6.07) is 8.17. The molecule has 57 heavy (non-hydrogen) atoms. The summed E-state index contributed by atoms with van der Waals surface area (Å²) < 4.78 is 29.2. The fourth-order valence-corrected chi connectivity index (χ4v) is 5.07. The molecule has 0 fully saturated rings. The smallest absolute Gasteiger partial charge is 0.425 e. The van der Waals surface area contributed by atoms with Gasteiger partial charge in [0.05, 0.1) is 13.4 Å². The Balaban J connectivity index is 1.99. The molecule has 0 radical (unpaired) electrons. The van der Waals surface area contributed by atoms with Gasteiger partial charge in [0.15, 0.2) is 11.5 Å². The quantitative estimate of drug-likeness (QED) is 0.144. The van der Waals surface area contributed by atoms with E-state index in [1.165, 1.54) is 20.5 Å². The van der Waals surface area contributed by atoms with Crippen molar-refractivity contribution >= 4 is 47.0 Å². The molecule has 0 aliphatic heterocycles. The number of amides is 3. The summed E-state index contributed by atoms with van der Waals surface area (Å²) in [6.45, 7) is 14.4. The number of ether oxygens (including phenoxy) is 5. The molecule has 0 aliphatic rings. The van der Waals surface area contributed by atoms with E-state index in [-0.39, 0.29) is 49.0 Å². The molecule has 0 unspecified atom stereocenters. The lowest BCUT2D eigenvalue weighted by molar-refractivity contribution is -0.143. The minimum Gasteiger partial charge on any atom is -0.472 e. The molecule has 0 saturated heterocycles. The zero-order chi connectivity index (χ0) is 42.3. The number of hydrogen-bond donors (Lipinski definition) is 2. The van der Waals surface area contributed by atoms with Gasteiger partial charge in [0.2, 0.25) is 11.8 Å². The maximum absolute atomic E-state index is 14.2. The van der Waals surface area contributed by atoms with Crippen molar-refractivity contribution in [1.82, 2.24) is 34.8 Å². The molecule has 2 N–H and O–H groups in total. The van der Waals surface area contributed by atoms with E-state index >= 15 is 0 Å². The highest BCUT2D eigenvalue weighted by Crippen LogP contribution is 2.34. The van der Waals surface area contributed by atoms with Crippen molar-refractivity contribution in [2.45, 2.75) is 105 Å². The fraction of sp³-hybridized carbons (Fsp3) is 0.500. The fourth-order valence-electron chi connectivity index (χ4n) is 5.07. The highest BCUT2D eigenvalue weighted by atomic mass is 16.6. The van der Waals surface area contributed by atoms with Crippen LogP contribution < -0.4 is 25.5 Å². The zero-order valence-corrected chi connectivity index (χ0v) is 34.2. The molecule has 0 spiro atoms. The van der Waals surface area contributed by atoms with Crippen molar-refractivity contribution in [1.29, 1.82) is 0 Å². The number of fused-ring (bicyclic) bond motifs is 1. The van der Waals surface area contributed by atoms with E-state index in [0.29, 0.717) is 16.2 Å². The molecule has 19 nitrogen and oxygen atoms in total. The van der Waals surface area contributed by atoms with Crippen molar-refractivity contribution in [3.8, 4) is 5.88 Å². The summed E-state index contributed by atoms with van der Waals surface area (Å²) in [4.78, 5) is 89.9. The molecule has 0 aliphatic carbocycles. The SMILES string of the molecule is COC(=O)[C@H](Cc1cnc[nH]1)NCCn1c(=O)nc(N(C(=O)OC(C)(C)C)C(=O)OC(C)(C)C)c2c(OCc3ccccc3)nc(N(C)C(=O)OC(C)(C)C)nc21. The van der Waals surface area contributed by atoms with E-state index in [2.05, 4.69) is 30.2 Å². The topological polar surface area (TPSA) is 222 Å². The predicted molar refractivity (Wildman–Crippen MR) is 208 cm³/mol. The molecule has 4 rings (SSSR count). The Morgan fingerprint density at radius 3 is 2.00 bits per heavy atom. The standard InChI is InChI=1S/C38H51N9O10/c1-36(2,3)55-33(50)45(10)31-42-27-26(29(44-31)54-21-23-15-13-12-14-16-23)28(47(34(51)56-37(4,5)6)35(52)57-38(7,8)9)43-32(49)46(27)18-17-40-25(30(48)53-11)19-24-20-39-22-41-24/h12-16,20,22,25,40H,17-19,21H2,1-11H3,(H,39,41)/t25-/m0/s1. The molecule has 0 bridgehead atoms. The molecule has 308 valence electrons. The van der Waals surface area contributed by atoms with E-state index in [0.717, 1.165) is 9.47 Å². The molecule has 3 aromatic heterocycles. The van der Waals surface area contributed by atoms with E-state index < -0.39 is 58.6 Å². The number of esters is 1. The van der Waals surface area contributed by atoms with Crippen LogP contribution in [0, 0.1) is 0 Å². The lowest BCUT2D eigenvalue weighted by Crippen LogP contribution is -2.46. The summed E-state index contributed by atoms with van der Waals surface area (Å²) in [7, 11) is 2.62. The van der Waals surface area contributed by atoms with Crippen LogP contribution in [0.25, 0.3) is 11.0 Å². The van der Waals surface area contributed by atoms with E-state index in [1.54, 1.807) is 92.8 Å². The summed E-state index contributed by atoms with van der Waals surface area (Å²) in [6.07, 6.45) is -0.0323. The number of anilines is 2. The third-order valence-corrected chi connectivity index (χ3v) is 7.50. The van der Waals surface area contributed by atoms with Crippen LogP contribution in [0.4, 0.5) is 26.1 Å². The number of aromatic amines is 1. The first-order valence-corrected chi connectivity index (χ1v) is 18.1. The van der Waals surface area contributed by atoms with Gasteiger partial charge in [0.1, 0.15) is 34.8 Å². The number of carbonyl (C=O) groups excluding carboxylic acids is 4. The minimum absolute atomic E-state index is 0.0206. The van der Waals surface area contributed by atoms with Crippen LogP contribution >= 0.6 is 0 Å². The third kappa shape index (κ3) is 12.2. The van der Waals surface area contributed by atoms with Gasteiger partial charge in [-0.2, -0.15) is 19.9 Å². The number of nitrogens with one attached hydrogen (secondary N) is 2. The Morgan fingerprint density at radius 2 is 1.46 bits per heavy atom. The number of carbonyl (C=O) groups is 4. The van der Waals surface area contributed by atoms with Crippen LogP contribution in [-0.4, -0.2) is 97.3 Å². The number of methoxy groups -OCH3 is 1. The molecular formula is C38H51N9O10. The van der Waals surface area contributed by atoms with Crippen LogP contribution in [0.5, 0.6) is 5.88 Å². The first-order chi connectivity index (χ1) is 26.6. The summed E-state index contributed by atoms with van der Waals surface area (Å²) >= 11 is 0. The van der Waals surface area contributed by atoms with Gasteiger partial charge in [-0.3, -0.25) is 9.36 Å². The second kappa shape index (κ2) is 17.8. The maximum atomic E-state index is 14.2. The lowest BCUT2D eigenvalue weighted by Gasteiger charge is -2.29. The second-order valence-corrected chi connectivity index (χ2v) is 15.8. The lowest BCUT2D eigenvalue weighted by atomic mass is 10.1. The molecule has 1 aromatic carbocycles. The largest absolute Gasteiger partial charge is 0.472 e. The normalized spacial score (nSPS) is 12.4. The second-order valence-electron chi connectivity index (χ2n) is 15.8. The van der Waals surface area contributed by atoms with Crippen molar-refractivity contribution < 1.29 is 42.9 Å². The van der Waals surface area contributed by atoms with Gasteiger partial charge in [-0.15, -0.1) is 0 Å². The van der Waals surface area contributed by atoms with Gasteiger partial charge in [0, 0.05) is 38.4 Å². The molecule has 3 heterocycles. The third-order valence-electron chi connectivity index (χ3n) is 7.50. The zero-order valence-electron chi connectivity index (χ0n) is 34.2. The molecular weight excluding hydrogens is 742 g/mol. The summed E-state index contributed by atoms with van der Waals surface area (Å²) in [5, 5.41) is 2.91. The summed E-state index contributed by atoms with van der Waals surface area (Å²) in [5.74, 6) is -1.64. The minimum atomic E-state index is -1.21. The van der Waals surface area contributed by atoms with Crippen molar-refractivity contribution in [3.05, 3.63) is 64.6 Å². The molecule has 19 heteroatoms. The van der Waals surface area contributed by atoms with Gasteiger partial charge >= 0.3 is 29.9 Å². The Hall–Kier alpha value is -6.11. The predicted octanol–water partition coefficient (Wildman–Crippen LogP) is 4.91. The average Bonchev–Trinajstić information content (AvgIpc) is 3.62. The number of imidazole rings is 1. The van der Waals surface area contributed by atoms with Crippen LogP contribution in [-0.2, 0) is 43.3 Å². The average molecular weight is 794 g/mol. The van der Waals surface area contributed by atoms with Gasteiger partial charge < -0.3 is 34.0 Å². The first kappa shape index (κ1) is 43.6.